The third-order valence-corrected chi connectivity index (χ3v) is 11.5. The fourth-order valence-corrected chi connectivity index (χ4v) is 9.62. The van der Waals surface area contributed by atoms with Gasteiger partial charge in [0.15, 0.2) is 0 Å². The van der Waals surface area contributed by atoms with Crippen LogP contribution in [0.3, 0.4) is 0 Å². The summed E-state index contributed by atoms with van der Waals surface area (Å²) < 4.78 is 0. The molecule has 0 radical (unpaired) electrons. The lowest BCUT2D eigenvalue weighted by molar-refractivity contribution is -0.171. The lowest BCUT2D eigenvalue weighted by Crippen LogP contribution is -2.58. The molecule has 5 rings (SSSR count). The van der Waals surface area contributed by atoms with E-state index < -0.39 is 5.60 Å². The highest BCUT2D eigenvalue weighted by molar-refractivity contribution is 5.84. The maximum absolute atomic E-state index is 13.6. The molecule has 8 atom stereocenters. The molecule has 1 amide bonds. The Morgan fingerprint density at radius 3 is 2.32 bits per heavy atom. The van der Waals surface area contributed by atoms with E-state index in [2.05, 4.69) is 11.8 Å². The van der Waals surface area contributed by atoms with Crippen molar-refractivity contribution in [1.29, 1.82) is 0 Å². The summed E-state index contributed by atoms with van der Waals surface area (Å²) in [6, 6.07) is 0. The zero-order valence-electron chi connectivity index (χ0n) is 21.6. The van der Waals surface area contributed by atoms with Gasteiger partial charge < -0.3 is 15.1 Å². The van der Waals surface area contributed by atoms with E-state index in [9.17, 15) is 19.8 Å². The number of nitrogens with zero attached hydrogens (tertiary/aromatic N) is 2. The van der Waals surface area contributed by atoms with Crippen molar-refractivity contribution in [3.05, 3.63) is 0 Å². The Bertz CT molecular complexity index is 806. The van der Waals surface area contributed by atoms with E-state index in [1.54, 1.807) is 6.92 Å². The Kier molecular flexibility index (Phi) is 6.43. The van der Waals surface area contributed by atoms with Gasteiger partial charge in [0.25, 0.3) is 0 Å². The van der Waals surface area contributed by atoms with E-state index in [-0.39, 0.29) is 29.3 Å². The van der Waals surface area contributed by atoms with Gasteiger partial charge in [0.1, 0.15) is 5.78 Å². The van der Waals surface area contributed by atoms with Crippen molar-refractivity contribution < 1.29 is 19.8 Å². The summed E-state index contributed by atoms with van der Waals surface area (Å²) in [5.74, 6) is 2.87. The molecule has 1 heterocycles. The summed E-state index contributed by atoms with van der Waals surface area (Å²) >= 11 is 0. The number of rotatable bonds is 4. The average molecular weight is 475 g/mol. The van der Waals surface area contributed by atoms with Gasteiger partial charge >= 0.3 is 0 Å². The number of aliphatic hydroxyl groups is 2. The van der Waals surface area contributed by atoms with Crippen LogP contribution in [0.5, 0.6) is 0 Å². The maximum Gasteiger partial charge on any atom is 0.219 e. The smallest absolute Gasteiger partial charge is 0.219 e. The lowest BCUT2D eigenvalue weighted by atomic mass is 9.43. The minimum atomic E-state index is -0.583. The van der Waals surface area contributed by atoms with Crippen LogP contribution in [0.25, 0.3) is 0 Å². The minimum absolute atomic E-state index is 0.0228. The second kappa shape index (κ2) is 8.85. The SMILES string of the molecule is CC(=O)N1CCN(CC(=O)C2CCC3C4CCC5CC(C)(O)CCC5(CO)C4CCC23C)CC1. The van der Waals surface area contributed by atoms with Gasteiger partial charge in [-0.1, -0.05) is 6.92 Å². The van der Waals surface area contributed by atoms with Crippen LogP contribution in [-0.2, 0) is 9.59 Å². The van der Waals surface area contributed by atoms with Crippen LogP contribution in [0, 0.1) is 40.4 Å². The van der Waals surface area contributed by atoms with Gasteiger partial charge in [0, 0.05) is 45.6 Å². The number of hydrogen-bond donors (Lipinski definition) is 2. The molecule has 0 aromatic heterocycles. The van der Waals surface area contributed by atoms with Crippen molar-refractivity contribution in [2.75, 3.05) is 39.3 Å². The Balaban J connectivity index is 1.27. The van der Waals surface area contributed by atoms with Gasteiger partial charge in [-0.15, -0.1) is 0 Å². The third kappa shape index (κ3) is 3.96. The van der Waals surface area contributed by atoms with Gasteiger partial charge in [-0.2, -0.15) is 0 Å². The van der Waals surface area contributed by atoms with Crippen molar-refractivity contribution in [2.24, 2.45) is 40.4 Å². The predicted octanol–water partition coefficient (Wildman–Crippen LogP) is 3.10. The second-order valence-corrected chi connectivity index (χ2v) is 13.2. The third-order valence-electron chi connectivity index (χ3n) is 11.5. The van der Waals surface area contributed by atoms with Gasteiger partial charge in [0.2, 0.25) is 5.91 Å². The summed E-state index contributed by atoms with van der Waals surface area (Å²) in [7, 11) is 0. The van der Waals surface area contributed by atoms with Crippen molar-refractivity contribution in [3.63, 3.8) is 0 Å². The highest BCUT2D eigenvalue weighted by Gasteiger charge is 2.62. The van der Waals surface area contributed by atoms with Crippen molar-refractivity contribution in [3.8, 4) is 0 Å². The van der Waals surface area contributed by atoms with Crippen LogP contribution in [0.15, 0.2) is 0 Å². The molecular formula is C28H46N2O4. The molecule has 0 aromatic rings. The Morgan fingerprint density at radius 1 is 0.912 bits per heavy atom. The quantitative estimate of drug-likeness (QED) is 0.654. The van der Waals surface area contributed by atoms with Crippen LogP contribution < -0.4 is 0 Å². The molecule has 4 aliphatic carbocycles. The summed E-state index contributed by atoms with van der Waals surface area (Å²) in [4.78, 5) is 29.3. The Morgan fingerprint density at radius 2 is 1.65 bits per heavy atom. The Hall–Kier alpha value is -0.980. The number of carbonyl (C=O) groups excluding carboxylic acids is 2. The fourth-order valence-electron chi connectivity index (χ4n) is 9.62. The van der Waals surface area contributed by atoms with Crippen LogP contribution in [0.4, 0.5) is 0 Å². The number of Topliss-reactive ketones (excluding diaryl/α,β-unsaturated/α-hetero) is 1. The van der Waals surface area contributed by atoms with Gasteiger partial charge in [-0.05, 0) is 99.2 Å². The highest BCUT2D eigenvalue weighted by atomic mass is 16.3. The molecule has 192 valence electrons. The molecule has 1 saturated heterocycles. The summed E-state index contributed by atoms with van der Waals surface area (Å²) in [6.07, 6.45) is 9.27. The van der Waals surface area contributed by atoms with Gasteiger partial charge in [-0.25, -0.2) is 0 Å². The van der Waals surface area contributed by atoms with Crippen LogP contribution >= 0.6 is 0 Å². The van der Waals surface area contributed by atoms with E-state index in [4.69, 9.17) is 0 Å². The number of fused-ring (bicyclic) bond motifs is 5. The summed E-state index contributed by atoms with van der Waals surface area (Å²) in [5, 5.41) is 21.4. The monoisotopic (exact) mass is 474 g/mol. The van der Waals surface area contributed by atoms with Gasteiger partial charge in [-0.3, -0.25) is 14.5 Å². The van der Waals surface area contributed by atoms with E-state index in [0.717, 1.165) is 77.5 Å². The van der Waals surface area contributed by atoms with E-state index in [1.165, 1.54) is 6.42 Å². The number of ketones is 1. The molecule has 0 bridgehead atoms. The van der Waals surface area contributed by atoms with E-state index in [1.807, 2.05) is 11.8 Å². The first-order valence-corrected chi connectivity index (χ1v) is 13.9. The number of piperazine rings is 1. The molecule has 34 heavy (non-hydrogen) atoms. The number of amides is 1. The molecule has 5 fully saturated rings. The van der Waals surface area contributed by atoms with Crippen molar-refractivity contribution >= 4 is 11.7 Å². The van der Waals surface area contributed by atoms with E-state index >= 15 is 0 Å². The molecule has 0 spiro atoms. The molecule has 1 aliphatic heterocycles. The molecule has 4 saturated carbocycles. The van der Waals surface area contributed by atoms with Crippen LogP contribution in [-0.4, -0.2) is 76.6 Å². The molecule has 8 unspecified atom stereocenters. The largest absolute Gasteiger partial charge is 0.396 e. The van der Waals surface area contributed by atoms with Crippen LogP contribution in [0.2, 0.25) is 0 Å². The summed E-state index contributed by atoms with van der Waals surface area (Å²) in [6.45, 7) is 9.85. The molecule has 0 aromatic carbocycles. The minimum Gasteiger partial charge on any atom is -0.396 e. The normalized spacial score (nSPS) is 47.0. The maximum atomic E-state index is 13.6. The van der Waals surface area contributed by atoms with Crippen molar-refractivity contribution in [1.82, 2.24) is 9.80 Å². The molecule has 5 aliphatic rings. The standard InChI is InChI=1S/C28H46N2O4/c1-19(32)30-14-12-29(13-15-30)17-25(33)24-7-6-22-21-5-4-20-16-26(2,34)10-11-28(20,18-31)23(21)8-9-27(22,24)3/h20-24,31,34H,4-18H2,1-3H3. The zero-order chi connectivity index (χ0) is 24.3. The van der Waals surface area contributed by atoms with Crippen molar-refractivity contribution in [2.45, 2.75) is 84.2 Å². The molecule has 6 nitrogen and oxygen atoms in total. The predicted molar refractivity (Wildman–Crippen MR) is 131 cm³/mol. The summed E-state index contributed by atoms with van der Waals surface area (Å²) in [5.41, 5.74) is -0.520. The number of hydrogen-bond acceptors (Lipinski definition) is 5. The molecule has 6 heteroatoms. The lowest BCUT2D eigenvalue weighted by Gasteiger charge is -2.62. The topological polar surface area (TPSA) is 81.1 Å². The van der Waals surface area contributed by atoms with E-state index in [0.29, 0.717) is 36.0 Å². The van der Waals surface area contributed by atoms with Crippen LogP contribution in [0.1, 0.15) is 78.6 Å². The zero-order valence-corrected chi connectivity index (χ0v) is 21.6. The first-order chi connectivity index (χ1) is 16.1. The molecule has 2 N–H and O–H groups in total. The second-order valence-electron chi connectivity index (χ2n) is 13.2. The number of aliphatic hydroxyl groups excluding tert-OH is 1. The average Bonchev–Trinajstić information content (AvgIpc) is 3.16. The number of carbonyl (C=O) groups is 2. The first-order valence-electron chi connectivity index (χ1n) is 13.9. The fraction of sp³-hybridized carbons (Fsp3) is 0.929. The highest BCUT2D eigenvalue weighted by Crippen LogP contribution is 2.68. The Labute approximate surface area is 205 Å². The first kappa shape index (κ1) is 24.7. The molecular weight excluding hydrogens is 428 g/mol. The van der Waals surface area contributed by atoms with Gasteiger partial charge in [0.05, 0.1) is 12.1 Å².